The molecule has 2 aromatic rings. The largest absolute Gasteiger partial charge is 0.330 e. The molecule has 0 amide bonds. The van der Waals surface area contributed by atoms with Gasteiger partial charge >= 0.3 is 0 Å². The molecule has 1 saturated heterocycles. The zero-order chi connectivity index (χ0) is 17.6. The van der Waals surface area contributed by atoms with Crippen molar-refractivity contribution in [1.29, 1.82) is 0 Å². The van der Waals surface area contributed by atoms with Crippen molar-refractivity contribution >= 4 is 8.22 Å². The molecule has 3 nitrogen and oxygen atoms in total. The van der Waals surface area contributed by atoms with Crippen LogP contribution in [-0.4, -0.2) is 35.1 Å². The summed E-state index contributed by atoms with van der Waals surface area (Å²) in [5.41, 5.74) is 8.67. The molecule has 1 aliphatic rings. The van der Waals surface area contributed by atoms with Crippen LogP contribution in [-0.2, 0) is 0 Å². The van der Waals surface area contributed by atoms with Gasteiger partial charge in [-0.25, -0.2) is 0 Å². The Balaban J connectivity index is 1.80. The summed E-state index contributed by atoms with van der Waals surface area (Å²) >= 11 is 0. The topological polar surface area (TPSA) is 32.5 Å². The van der Waals surface area contributed by atoms with Crippen LogP contribution in [0.2, 0.25) is 0 Å². The van der Waals surface area contributed by atoms with Crippen molar-refractivity contribution in [3.05, 3.63) is 71.8 Å². The summed E-state index contributed by atoms with van der Waals surface area (Å²) in [5, 5.41) is 0. The quantitative estimate of drug-likeness (QED) is 0.725. The van der Waals surface area contributed by atoms with Gasteiger partial charge in [0.05, 0.1) is 0 Å². The van der Waals surface area contributed by atoms with Gasteiger partial charge in [0.15, 0.2) is 0 Å². The maximum absolute atomic E-state index is 5.85. The molecular weight excluding hydrogens is 325 g/mol. The van der Waals surface area contributed by atoms with E-state index in [1.165, 1.54) is 17.3 Å². The van der Waals surface area contributed by atoms with Gasteiger partial charge in [-0.1, -0.05) is 60.7 Å². The van der Waals surface area contributed by atoms with E-state index in [1.54, 1.807) is 0 Å². The van der Waals surface area contributed by atoms with Crippen LogP contribution >= 0.6 is 8.22 Å². The van der Waals surface area contributed by atoms with Gasteiger partial charge < -0.3 is 5.73 Å². The van der Waals surface area contributed by atoms with Crippen molar-refractivity contribution in [2.24, 2.45) is 5.73 Å². The molecule has 2 N–H and O–H groups in total. The minimum absolute atomic E-state index is 0.317. The highest BCUT2D eigenvalue weighted by atomic mass is 31.1. The predicted molar refractivity (Wildman–Crippen MR) is 109 cm³/mol. The fourth-order valence-corrected chi connectivity index (χ4v) is 6.65. The van der Waals surface area contributed by atoms with E-state index in [9.17, 15) is 0 Å². The van der Waals surface area contributed by atoms with E-state index in [-0.39, 0.29) is 8.22 Å². The summed E-state index contributed by atoms with van der Waals surface area (Å²) in [4.78, 5) is 0. The van der Waals surface area contributed by atoms with E-state index in [4.69, 9.17) is 5.73 Å². The maximum Gasteiger partial charge on any atom is 0.0407 e. The smallest absolute Gasteiger partial charge is 0.0407 e. The number of hydrogen-bond donors (Lipinski definition) is 1. The van der Waals surface area contributed by atoms with E-state index in [0.29, 0.717) is 12.1 Å². The Morgan fingerprint density at radius 3 is 1.68 bits per heavy atom. The van der Waals surface area contributed by atoms with E-state index >= 15 is 0 Å². The molecule has 4 heteroatoms. The molecule has 0 saturated carbocycles. The molecule has 1 aliphatic heterocycles. The van der Waals surface area contributed by atoms with Gasteiger partial charge in [0, 0.05) is 33.4 Å². The van der Waals surface area contributed by atoms with Crippen LogP contribution < -0.4 is 5.73 Å². The summed E-state index contributed by atoms with van der Waals surface area (Å²) in [7, 11) is -0.317. The second-order valence-electron chi connectivity index (χ2n) is 6.74. The first kappa shape index (κ1) is 18.5. The van der Waals surface area contributed by atoms with Crippen LogP contribution in [0.15, 0.2) is 60.7 Å². The Hall–Kier alpha value is -1.25. The average molecular weight is 355 g/mol. The summed E-state index contributed by atoms with van der Waals surface area (Å²) < 4.78 is 5.44. The Kier molecular flexibility index (Phi) is 6.61. The molecule has 134 valence electrons. The Labute approximate surface area is 153 Å². The minimum atomic E-state index is -0.317. The molecule has 0 aromatic heterocycles. The third kappa shape index (κ3) is 4.30. The zero-order valence-electron chi connectivity index (χ0n) is 15.4. The summed E-state index contributed by atoms with van der Waals surface area (Å²) in [5.74, 6) is 0. The van der Waals surface area contributed by atoms with Gasteiger partial charge in [-0.15, -0.1) is 0 Å². The fourth-order valence-electron chi connectivity index (χ4n) is 3.67. The highest BCUT2D eigenvalue weighted by Gasteiger charge is 2.37. The molecule has 25 heavy (non-hydrogen) atoms. The van der Waals surface area contributed by atoms with E-state index in [2.05, 4.69) is 83.9 Å². The monoisotopic (exact) mass is 355 g/mol. The van der Waals surface area contributed by atoms with Crippen molar-refractivity contribution < 1.29 is 0 Å². The van der Waals surface area contributed by atoms with Crippen molar-refractivity contribution in [2.45, 2.75) is 32.4 Å². The molecule has 1 heterocycles. The van der Waals surface area contributed by atoms with Gasteiger partial charge in [0.1, 0.15) is 0 Å². The average Bonchev–Trinajstić information content (AvgIpc) is 3.10. The highest BCUT2D eigenvalue weighted by molar-refractivity contribution is 7.53. The van der Waals surface area contributed by atoms with E-state index < -0.39 is 0 Å². The first-order valence-electron chi connectivity index (χ1n) is 9.33. The number of benzene rings is 2. The van der Waals surface area contributed by atoms with Crippen LogP contribution in [0.4, 0.5) is 0 Å². The molecule has 3 rings (SSSR count). The normalized spacial score (nSPS) is 19.2. The Morgan fingerprint density at radius 2 is 1.28 bits per heavy atom. The van der Waals surface area contributed by atoms with Crippen molar-refractivity contribution in [2.75, 3.05) is 25.8 Å². The van der Waals surface area contributed by atoms with E-state index in [1.807, 2.05) is 0 Å². The van der Waals surface area contributed by atoms with Crippen LogP contribution in [0.3, 0.4) is 0 Å². The lowest BCUT2D eigenvalue weighted by Gasteiger charge is -2.37. The molecule has 2 aromatic carbocycles. The number of nitrogens with two attached hydrogens (primary N) is 1. The molecule has 0 radical (unpaired) electrons. The van der Waals surface area contributed by atoms with E-state index in [0.717, 1.165) is 26.1 Å². The lowest BCUT2D eigenvalue weighted by Crippen LogP contribution is -2.23. The fraction of sp³-hybridized carbons (Fsp3) is 0.429. The standard InChI is InChI=1S/C21H30N3P/c1-18(20-10-5-3-6-11-20)23-15-16-24(25(23)17-9-14-22)19(2)21-12-7-4-8-13-21/h3-8,10-13,18-19H,9,14-17,22H2,1-2H3/t18-,19-/m0/s1. The Bertz CT molecular complexity index is 581. The molecule has 1 fully saturated rings. The molecule has 2 atom stereocenters. The third-order valence-corrected chi connectivity index (χ3v) is 8.17. The van der Waals surface area contributed by atoms with Gasteiger partial charge in [0.2, 0.25) is 0 Å². The number of hydrogen-bond acceptors (Lipinski definition) is 3. The second kappa shape index (κ2) is 8.91. The first-order chi connectivity index (χ1) is 12.2. The van der Waals surface area contributed by atoms with Crippen molar-refractivity contribution in [3.63, 3.8) is 0 Å². The summed E-state index contributed by atoms with van der Waals surface area (Å²) in [6.07, 6.45) is 2.29. The molecule has 0 bridgehead atoms. The van der Waals surface area contributed by atoms with Crippen LogP contribution in [0, 0.1) is 0 Å². The van der Waals surface area contributed by atoms with Crippen molar-refractivity contribution in [3.8, 4) is 0 Å². The second-order valence-corrected chi connectivity index (χ2v) is 8.96. The number of nitrogens with zero attached hydrogens (tertiary/aromatic N) is 2. The number of rotatable bonds is 7. The van der Waals surface area contributed by atoms with Crippen LogP contribution in [0.1, 0.15) is 43.5 Å². The van der Waals surface area contributed by atoms with Crippen molar-refractivity contribution in [1.82, 2.24) is 9.34 Å². The SMILES string of the molecule is C[C@@H](c1ccccc1)N1CCN([C@@H](C)c2ccccc2)P1CCCN. The molecular formula is C21H30N3P. The third-order valence-electron chi connectivity index (χ3n) is 5.17. The lowest BCUT2D eigenvalue weighted by molar-refractivity contribution is 0.377. The van der Waals surface area contributed by atoms with Crippen LogP contribution in [0.5, 0.6) is 0 Å². The Morgan fingerprint density at radius 1 is 0.840 bits per heavy atom. The maximum atomic E-state index is 5.85. The zero-order valence-corrected chi connectivity index (χ0v) is 16.3. The first-order valence-corrected chi connectivity index (χ1v) is 10.8. The minimum Gasteiger partial charge on any atom is -0.330 e. The lowest BCUT2D eigenvalue weighted by atomic mass is 10.1. The molecule has 0 aliphatic carbocycles. The van der Waals surface area contributed by atoms with Gasteiger partial charge in [0.25, 0.3) is 0 Å². The van der Waals surface area contributed by atoms with Gasteiger partial charge in [-0.3, -0.25) is 9.34 Å². The van der Waals surface area contributed by atoms with Gasteiger partial charge in [-0.05, 0) is 44.1 Å². The summed E-state index contributed by atoms with van der Waals surface area (Å²) in [6, 6.07) is 22.7. The predicted octanol–water partition coefficient (Wildman–Crippen LogP) is 4.79. The summed E-state index contributed by atoms with van der Waals surface area (Å²) in [6.45, 7) is 7.76. The molecule has 0 spiro atoms. The molecule has 0 unspecified atom stereocenters. The highest BCUT2D eigenvalue weighted by Crippen LogP contribution is 2.56. The van der Waals surface area contributed by atoms with Gasteiger partial charge in [-0.2, -0.15) is 0 Å². The van der Waals surface area contributed by atoms with Crippen LogP contribution in [0.25, 0.3) is 0 Å².